The second-order valence-electron chi connectivity index (χ2n) is 9.43. The molecule has 0 aliphatic carbocycles. The number of rotatable bonds is 7. The molecule has 1 fully saturated rings. The van der Waals surface area contributed by atoms with Crippen molar-refractivity contribution in [2.45, 2.75) is 18.9 Å². The van der Waals surface area contributed by atoms with Crippen LogP contribution in [0.1, 0.15) is 11.1 Å². The van der Waals surface area contributed by atoms with Crippen LogP contribution in [0.25, 0.3) is 0 Å². The molecule has 9 heteroatoms. The van der Waals surface area contributed by atoms with Gasteiger partial charge in [-0.25, -0.2) is 4.39 Å². The van der Waals surface area contributed by atoms with Crippen LogP contribution in [0.4, 0.5) is 21.5 Å². The summed E-state index contributed by atoms with van der Waals surface area (Å²) in [6.07, 6.45) is 1.05. The molecule has 5 rings (SSSR count). The molecule has 2 heterocycles. The van der Waals surface area contributed by atoms with E-state index in [1.165, 1.54) is 12.1 Å². The number of carbonyl (C=O) groups excluding carboxylic acids is 1. The number of para-hydroxylation sites is 1. The monoisotopic (exact) mass is 504 g/mol. The van der Waals surface area contributed by atoms with E-state index in [4.69, 9.17) is 4.74 Å². The number of hydrogen-bond donors (Lipinski definition) is 1. The number of methoxy groups -OCH3 is 1. The first-order valence-electron chi connectivity index (χ1n) is 12.4. The van der Waals surface area contributed by atoms with Crippen LogP contribution < -0.4 is 19.9 Å². The smallest absolute Gasteiger partial charge is 0.269 e. The molecule has 0 spiro atoms. The van der Waals surface area contributed by atoms with E-state index in [0.717, 1.165) is 22.6 Å². The quantitative estimate of drug-likeness (QED) is 0.387. The first kappa shape index (κ1) is 24.5. The van der Waals surface area contributed by atoms with Crippen LogP contribution in [0.2, 0.25) is 0 Å². The number of carbonyl (C=O) groups is 1. The minimum absolute atomic E-state index is 0.0147. The second kappa shape index (κ2) is 10.5. The van der Waals surface area contributed by atoms with Crippen molar-refractivity contribution in [1.29, 1.82) is 0 Å². The highest BCUT2D eigenvalue weighted by Crippen LogP contribution is 2.39. The molecule has 0 aromatic heterocycles. The zero-order chi connectivity index (χ0) is 25.9. The summed E-state index contributed by atoms with van der Waals surface area (Å²) in [4.78, 5) is 28.6. The number of ether oxygens (including phenoxy) is 1. The summed E-state index contributed by atoms with van der Waals surface area (Å²) in [6, 6.07) is 19.1. The van der Waals surface area contributed by atoms with Crippen molar-refractivity contribution in [2.24, 2.45) is 5.92 Å². The molecule has 3 aromatic carbocycles. The number of hydrogen-bond acceptors (Lipinski definition) is 6. The Hall–Kier alpha value is -4.14. The average Bonchev–Trinajstić information content (AvgIpc) is 2.92. The molecule has 2 atom stereocenters. The topological polar surface area (TPSA) is 87.9 Å². The van der Waals surface area contributed by atoms with Crippen molar-refractivity contribution >= 4 is 23.0 Å². The Bertz CT molecular complexity index is 1300. The summed E-state index contributed by atoms with van der Waals surface area (Å²) in [5, 5.41) is 14.5. The van der Waals surface area contributed by atoms with E-state index in [0.29, 0.717) is 44.7 Å². The van der Waals surface area contributed by atoms with Crippen molar-refractivity contribution in [1.82, 2.24) is 5.32 Å². The van der Waals surface area contributed by atoms with Crippen LogP contribution in [-0.2, 0) is 17.6 Å². The van der Waals surface area contributed by atoms with E-state index in [-0.39, 0.29) is 23.5 Å². The predicted octanol–water partition coefficient (Wildman–Crippen LogP) is 3.97. The van der Waals surface area contributed by atoms with E-state index in [2.05, 4.69) is 10.2 Å². The van der Waals surface area contributed by atoms with Gasteiger partial charge >= 0.3 is 0 Å². The van der Waals surface area contributed by atoms with Crippen molar-refractivity contribution in [3.63, 3.8) is 0 Å². The lowest BCUT2D eigenvalue weighted by molar-refractivity contribution is -0.384. The molecular formula is C28H29FN4O4. The van der Waals surface area contributed by atoms with Gasteiger partial charge in [0.1, 0.15) is 11.6 Å². The Kier molecular flexibility index (Phi) is 6.94. The van der Waals surface area contributed by atoms with Gasteiger partial charge in [0.15, 0.2) is 0 Å². The van der Waals surface area contributed by atoms with Gasteiger partial charge in [0.25, 0.3) is 5.69 Å². The van der Waals surface area contributed by atoms with Crippen molar-refractivity contribution in [3.05, 3.63) is 93.8 Å². The van der Waals surface area contributed by atoms with Gasteiger partial charge in [-0.2, -0.15) is 0 Å². The Morgan fingerprint density at radius 2 is 1.89 bits per heavy atom. The van der Waals surface area contributed by atoms with Gasteiger partial charge in [0.2, 0.25) is 5.91 Å². The molecule has 8 nitrogen and oxygen atoms in total. The molecule has 0 radical (unpaired) electrons. The Morgan fingerprint density at radius 1 is 1.11 bits per heavy atom. The molecule has 192 valence electrons. The van der Waals surface area contributed by atoms with E-state index in [9.17, 15) is 19.3 Å². The second-order valence-corrected chi connectivity index (χ2v) is 9.43. The fraction of sp³-hybridized carbons (Fsp3) is 0.321. The SMILES string of the molecule is COc1ccc(CCNC(=O)[C@H]2Cc3cc([N+](=O)[O-])ccc3N3CCN(c4ccccc4F)C[C@@H]23)cc1. The van der Waals surface area contributed by atoms with Crippen molar-refractivity contribution < 1.29 is 18.8 Å². The molecular weight excluding hydrogens is 475 g/mol. The van der Waals surface area contributed by atoms with Crippen LogP contribution in [-0.4, -0.2) is 50.2 Å². The van der Waals surface area contributed by atoms with Gasteiger partial charge < -0.3 is 19.9 Å². The number of nitro groups is 1. The number of piperazine rings is 1. The highest BCUT2D eigenvalue weighted by molar-refractivity contribution is 5.82. The Labute approximate surface area is 214 Å². The van der Waals surface area contributed by atoms with E-state index >= 15 is 0 Å². The predicted molar refractivity (Wildman–Crippen MR) is 140 cm³/mol. The van der Waals surface area contributed by atoms with Crippen LogP contribution >= 0.6 is 0 Å². The lowest BCUT2D eigenvalue weighted by atomic mass is 9.83. The number of fused-ring (bicyclic) bond motifs is 3. The van der Waals surface area contributed by atoms with Crippen molar-refractivity contribution in [3.8, 4) is 5.75 Å². The summed E-state index contributed by atoms with van der Waals surface area (Å²) in [6.45, 7) is 2.11. The normalized spacial score (nSPS) is 18.5. The number of nitrogens with zero attached hydrogens (tertiary/aromatic N) is 3. The van der Waals surface area contributed by atoms with E-state index in [1.54, 1.807) is 31.4 Å². The van der Waals surface area contributed by atoms with E-state index in [1.807, 2.05) is 35.2 Å². The number of non-ortho nitro benzene ring substituents is 1. The summed E-state index contributed by atoms with van der Waals surface area (Å²) in [7, 11) is 1.62. The molecule has 0 saturated carbocycles. The van der Waals surface area contributed by atoms with Gasteiger partial charge in [-0.1, -0.05) is 24.3 Å². The average molecular weight is 505 g/mol. The highest BCUT2D eigenvalue weighted by atomic mass is 19.1. The highest BCUT2D eigenvalue weighted by Gasteiger charge is 2.42. The lowest BCUT2D eigenvalue weighted by Gasteiger charge is -2.49. The Balaban J connectivity index is 1.37. The Morgan fingerprint density at radius 3 is 2.62 bits per heavy atom. The van der Waals surface area contributed by atoms with Gasteiger partial charge in [-0.15, -0.1) is 0 Å². The zero-order valence-electron chi connectivity index (χ0n) is 20.6. The van der Waals surface area contributed by atoms with Gasteiger partial charge in [0, 0.05) is 44.0 Å². The minimum Gasteiger partial charge on any atom is -0.497 e. The third-order valence-electron chi connectivity index (χ3n) is 7.31. The summed E-state index contributed by atoms with van der Waals surface area (Å²) in [5.74, 6) is -0.0428. The molecule has 1 N–H and O–H groups in total. The third kappa shape index (κ3) is 5.07. The third-order valence-corrected chi connectivity index (χ3v) is 7.31. The molecule has 37 heavy (non-hydrogen) atoms. The van der Waals surface area contributed by atoms with Gasteiger partial charge in [-0.3, -0.25) is 14.9 Å². The van der Waals surface area contributed by atoms with E-state index < -0.39 is 10.8 Å². The molecule has 2 aliphatic heterocycles. The van der Waals surface area contributed by atoms with Gasteiger partial charge in [0.05, 0.1) is 29.7 Å². The maximum Gasteiger partial charge on any atom is 0.269 e. The summed E-state index contributed by atoms with van der Waals surface area (Å²) < 4.78 is 19.8. The number of anilines is 2. The zero-order valence-corrected chi connectivity index (χ0v) is 20.6. The van der Waals surface area contributed by atoms with Crippen LogP contribution in [0.15, 0.2) is 66.7 Å². The molecule has 2 aliphatic rings. The molecule has 0 bridgehead atoms. The first-order chi connectivity index (χ1) is 17.9. The number of halogens is 1. The first-order valence-corrected chi connectivity index (χ1v) is 12.4. The number of nitro benzene ring substituents is 1. The fourth-order valence-electron chi connectivity index (χ4n) is 5.40. The van der Waals surface area contributed by atoms with Crippen LogP contribution in [0.3, 0.4) is 0 Å². The van der Waals surface area contributed by atoms with Crippen molar-refractivity contribution in [2.75, 3.05) is 43.1 Å². The standard InChI is InChI=1S/C28H29FN4O4/c1-37-22-9-6-19(7-10-22)12-13-30-28(34)23-17-20-16-21(33(35)36)8-11-25(20)32-15-14-31(18-27(23)32)26-5-3-2-4-24(26)29/h2-11,16,23,27H,12-15,17-18H2,1H3,(H,30,34)/t23-,27-/m0/s1. The fourth-order valence-corrected chi connectivity index (χ4v) is 5.40. The van der Waals surface area contributed by atoms with Crippen LogP contribution in [0.5, 0.6) is 5.75 Å². The summed E-state index contributed by atoms with van der Waals surface area (Å²) in [5.41, 5.74) is 3.32. The summed E-state index contributed by atoms with van der Waals surface area (Å²) >= 11 is 0. The maximum absolute atomic E-state index is 14.6. The molecule has 1 amide bonds. The molecule has 3 aromatic rings. The van der Waals surface area contributed by atoms with Crippen LogP contribution in [0, 0.1) is 21.8 Å². The number of nitrogens with one attached hydrogen (secondary N) is 1. The largest absolute Gasteiger partial charge is 0.497 e. The minimum atomic E-state index is -0.431. The van der Waals surface area contributed by atoms with Gasteiger partial charge in [-0.05, 0) is 54.3 Å². The molecule has 0 unspecified atom stereocenters. The lowest BCUT2D eigenvalue weighted by Crippen LogP contribution is -2.61. The molecule has 1 saturated heterocycles. The number of benzene rings is 3. The number of amides is 1. The maximum atomic E-state index is 14.6.